The molecule has 9 heteroatoms. The molecule has 2 N–H and O–H groups in total. The molecule has 0 spiro atoms. The number of halogens is 2. The Kier molecular flexibility index (Phi) is 12.6. The van der Waals surface area contributed by atoms with Gasteiger partial charge in [0, 0.05) is 60.4 Å². The topological polar surface area (TPSA) is 88.2 Å². The van der Waals surface area contributed by atoms with Gasteiger partial charge in [0.2, 0.25) is 5.91 Å². The fourth-order valence-corrected chi connectivity index (χ4v) is 9.31. The smallest absolute Gasteiger partial charge is 0.224 e. The molecular formula is C53H52F2N6O. The van der Waals surface area contributed by atoms with Crippen molar-refractivity contribution in [2.24, 2.45) is 5.73 Å². The van der Waals surface area contributed by atoms with Gasteiger partial charge in [-0.15, -0.1) is 5.10 Å². The van der Waals surface area contributed by atoms with Gasteiger partial charge in [-0.05, 0) is 108 Å². The number of carbonyl (C=O) groups is 1. The molecule has 2 fully saturated rings. The van der Waals surface area contributed by atoms with Crippen LogP contribution in [0.3, 0.4) is 0 Å². The van der Waals surface area contributed by atoms with Crippen molar-refractivity contribution in [2.75, 3.05) is 0 Å². The third-order valence-electron chi connectivity index (χ3n) is 12.4. The zero-order valence-electron chi connectivity index (χ0n) is 35.3. The van der Waals surface area contributed by atoms with Crippen LogP contribution in [0.5, 0.6) is 0 Å². The normalized spacial score (nSPS) is 21.3. The van der Waals surface area contributed by atoms with Crippen molar-refractivity contribution in [1.29, 1.82) is 0 Å². The van der Waals surface area contributed by atoms with Crippen LogP contribution in [0.4, 0.5) is 8.78 Å². The number of aromatic nitrogens is 3. The Bertz CT molecular complexity index is 2600. The highest BCUT2D eigenvalue weighted by atomic mass is 19.1. The molecule has 0 bridgehead atoms. The average Bonchev–Trinajstić information content (AvgIpc) is 3.60. The van der Waals surface area contributed by atoms with Gasteiger partial charge in [0.15, 0.2) is 0 Å². The second-order valence-corrected chi connectivity index (χ2v) is 16.1. The van der Waals surface area contributed by atoms with E-state index in [1.807, 2.05) is 79.6 Å². The van der Waals surface area contributed by atoms with Crippen LogP contribution in [-0.4, -0.2) is 42.6 Å². The van der Waals surface area contributed by atoms with Crippen LogP contribution in [-0.2, 0) is 17.9 Å². The monoisotopic (exact) mass is 826 g/mol. The van der Waals surface area contributed by atoms with E-state index in [4.69, 9.17) is 5.73 Å². The van der Waals surface area contributed by atoms with Crippen LogP contribution in [0.15, 0.2) is 152 Å². The molecule has 2 aromatic heterocycles. The third kappa shape index (κ3) is 8.76. The van der Waals surface area contributed by atoms with E-state index < -0.39 is 5.66 Å². The van der Waals surface area contributed by atoms with Crippen molar-refractivity contribution in [3.8, 4) is 22.4 Å². The summed E-state index contributed by atoms with van der Waals surface area (Å²) in [5.41, 5.74) is 17.0. The predicted molar refractivity (Wildman–Crippen MR) is 244 cm³/mol. The van der Waals surface area contributed by atoms with Gasteiger partial charge >= 0.3 is 0 Å². The minimum absolute atomic E-state index is 0.102. The average molecular weight is 827 g/mol. The molecule has 0 radical (unpaired) electrons. The Morgan fingerprint density at radius 3 is 2.11 bits per heavy atom. The number of nitrogens with zero attached hydrogens (tertiary/aromatic N) is 5. The number of fused-ring (bicyclic) bond motifs is 4. The number of amides is 1. The van der Waals surface area contributed by atoms with E-state index in [1.165, 1.54) is 53.9 Å². The maximum Gasteiger partial charge on any atom is 0.224 e. The van der Waals surface area contributed by atoms with Crippen molar-refractivity contribution in [1.82, 2.24) is 25.0 Å². The fourth-order valence-electron chi connectivity index (χ4n) is 9.31. The van der Waals surface area contributed by atoms with Gasteiger partial charge in [0.05, 0.1) is 17.1 Å². The van der Waals surface area contributed by atoms with Crippen LogP contribution in [0.25, 0.3) is 34.5 Å². The minimum Gasteiger partial charge on any atom is -0.367 e. The fraction of sp³-hybridized carbons (Fsp3) is 0.245. The maximum atomic E-state index is 13.5. The molecule has 0 aliphatic carbocycles. The Morgan fingerprint density at radius 1 is 0.726 bits per heavy atom. The van der Waals surface area contributed by atoms with Crippen molar-refractivity contribution < 1.29 is 13.6 Å². The number of piperidine rings is 1. The SMILES string of the molecule is C=C1CCC[C@@H]2C(/C=C/c3ccc(-c4cccc(F)c4)cn3)c3ccccc3CN12.CC.N[C@]12CCC(=O)N1Cc1ccccc1C2/C=C/c1ccc(-c2cccc(F)c2)nn1. The molecule has 7 nitrogen and oxygen atoms in total. The van der Waals surface area contributed by atoms with Crippen molar-refractivity contribution in [3.05, 3.63) is 197 Å². The minimum atomic E-state index is -0.725. The summed E-state index contributed by atoms with van der Waals surface area (Å²) in [5.74, 6) is -0.232. The summed E-state index contributed by atoms with van der Waals surface area (Å²) < 4.78 is 27.0. The molecule has 6 heterocycles. The van der Waals surface area contributed by atoms with Gasteiger partial charge in [0.1, 0.15) is 17.3 Å². The first-order valence-electron chi connectivity index (χ1n) is 21.6. The number of hydrogen-bond acceptors (Lipinski definition) is 6. The molecule has 1 amide bonds. The van der Waals surface area contributed by atoms with Crippen LogP contribution in [0.2, 0.25) is 0 Å². The van der Waals surface area contributed by atoms with E-state index in [0.29, 0.717) is 48.3 Å². The summed E-state index contributed by atoms with van der Waals surface area (Å²) in [6.45, 7) is 9.85. The highest BCUT2D eigenvalue weighted by molar-refractivity contribution is 5.81. The Hall–Kier alpha value is -6.58. The van der Waals surface area contributed by atoms with Crippen molar-refractivity contribution in [3.63, 3.8) is 0 Å². The summed E-state index contributed by atoms with van der Waals surface area (Å²) in [7, 11) is 0. The third-order valence-corrected chi connectivity index (χ3v) is 12.4. The number of benzene rings is 4. The van der Waals surface area contributed by atoms with Gasteiger partial charge in [-0.3, -0.25) is 9.78 Å². The summed E-state index contributed by atoms with van der Waals surface area (Å²) >= 11 is 0. The highest BCUT2D eigenvalue weighted by Gasteiger charge is 2.50. The van der Waals surface area contributed by atoms with Gasteiger partial charge in [-0.2, -0.15) is 5.10 Å². The van der Waals surface area contributed by atoms with Crippen molar-refractivity contribution >= 4 is 18.1 Å². The zero-order chi connectivity index (χ0) is 43.2. The van der Waals surface area contributed by atoms with E-state index in [9.17, 15) is 13.6 Å². The zero-order valence-corrected chi connectivity index (χ0v) is 35.3. The first kappa shape index (κ1) is 42.1. The van der Waals surface area contributed by atoms with Gasteiger partial charge < -0.3 is 15.5 Å². The number of carbonyl (C=O) groups excluding carboxylic acids is 1. The lowest BCUT2D eigenvalue weighted by Gasteiger charge is -2.46. The number of pyridine rings is 1. The molecule has 4 atom stereocenters. The Labute approximate surface area is 363 Å². The molecule has 4 aliphatic heterocycles. The van der Waals surface area contributed by atoms with E-state index in [1.54, 1.807) is 18.2 Å². The summed E-state index contributed by atoms with van der Waals surface area (Å²) in [4.78, 5) is 21.3. The summed E-state index contributed by atoms with van der Waals surface area (Å²) in [6.07, 6.45) is 14.7. The van der Waals surface area contributed by atoms with Crippen LogP contribution < -0.4 is 5.73 Å². The molecular weight excluding hydrogens is 775 g/mol. The van der Waals surface area contributed by atoms with E-state index >= 15 is 0 Å². The molecule has 4 aliphatic rings. The van der Waals surface area contributed by atoms with E-state index in [0.717, 1.165) is 40.9 Å². The first-order chi connectivity index (χ1) is 30.2. The molecule has 2 saturated heterocycles. The second kappa shape index (κ2) is 18.6. The van der Waals surface area contributed by atoms with Gasteiger partial charge in [0.25, 0.3) is 0 Å². The number of nitrogens with two attached hydrogens (primary N) is 1. The summed E-state index contributed by atoms with van der Waals surface area (Å²) in [5, 5.41) is 8.50. The lowest BCUT2D eigenvalue weighted by Crippen LogP contribution is -2.58. The molecule has 62 heavy (non-hydrogen) atoms. The molecule has 0 saturated carbocycles. The van der Waals surface area contributed by atoms with E-state index in [2.05, 4.69) is 75.2 Å². The maximum absolute atomic E-state index is 13.5. The standard InChI is InChI=1S/C27H25FN2.C24H21FN4O.C2H6/c1-19-6-4-11-27-26(25-10-3-2-7-22(25)18-30(19)27)15-14-24-13-12-21(17-29-24)20-8-5-9-23(28)16-20;25-18-6-3-5-16(14-18)22-11-9-19(27-28-22)8-10-21-20-7-2-1-4-17(20)15-29-23(30)12-13-24(21,29)26;1-2/h2-3,5,7-10,12-17,26-27H,1,4,6,11,18H2;1-11,14,21H,12-13,15,26H2;1-2H3/b15-14+;10-8+;/t26?,27-;21?,24-;/m11./s1. The van der Waals surface area contributed by atoms with Crippen molar-refractivity contribution in [2.45, 2.75) is 82.6 Å². The number of hydrogen-bond donors (Lipinski definition) is 1. The molecule has 2 unspecified atom stereocenters. The lowest BCUT2D eigenvalue weighted by atomic mass is 9.78. The number of rotatable bonds is 6. The van der Waals surface area contributed by atoms with Crippen LogP contribution in [0, 0.1) is 11.6 Å². The highest BCUT2D eigenvalue weighted by Crippen LogP contribution is 2.46. The molecule has 10 rings (SSSR count). The summed E-state index contributed by atoms with van der Waals surface area (Å²) in [6, 6.07) is 37.9. The van der Waals surface area contributed by atoms with Gasteiger partial charge in [-0.25, -0.2) is 8.78 Å². The lowest BCUT2D eigenvalue weighted by molar-refractivity contribution is -0.132. The molecule has 4 aromatic carbocycles. The number of allylic oxidation sites excluding steroid dienone is 1. The second-order valence-electron chi connectivity index (χ2n) is 16.1. The molecule has 314 valence electrons. The van der Waals surface area contributed by atoms with Crippen LogP contribution >= 0.6 is 0 Å². The van der Waals surface area contributed by atoms with Crippen LogP contribution in [0.1, 0.15) is 91.4 Å². The Balaban J connectivity index is 0.000000164. The molecule has 6 aromatic rings. The van der Waals surface area contributed by atoms with Gasteiger partial charge in [-0.1, -0.05) is 111 Å². The largest absolute Gasteiger partial charge is 0.367 e. The Morgan fingerprint density at radius 2 is 1.40 bits per heavy atom. The van der Waals surface area contributed by atoms with E-state index in [-0.39, 0.29) is 23.5 Å². The quantitative estimate of drug-likeness (QED) is 0.180. The predicted octanol–water partition coefficient (Wildman–Crippen LogP) is 11.5. The first-order valence-corrected chi connectivity index (χ1v) is 21.6.